The summed E-state index contributed by atoms with van der Waals surface area (Å²) in [5.41, 5.74) is 0.663. The van der Waals surface area contributed by atoms with Crippen LogP contribution in [0.3, 0.4) is 0 Å². The lowest BCUT2D eigenvalue weighted by Crippen LogP contribution is -2.37. The Morgan fingerprint density at radius 2 is 2.35 bits per heavy atom. The van der Waals surface area contributed by atoms with Crippen LogP contribution >= 0.6 is 0 Å². The van der Waals surface area contributed by atoms with E-state index < -0.39 is 18.8 Å². The van der Waals surface area contributed by atoms with E-state index in [1.807, 2.05) is 0 Å². The summed E-state index contributed by atoms with van der Waals surface area (Å²) in [5, 5.41) is 8.23. The molecule has 0 spiro atoms. The average molecular weight is 292 g/mol. The second-order valence-electron chi connectivity index (χ2n) is 4.50. The Kier molecular flexibility index (Phi) is 4.17. The topological polar surface area (TPSA) is 68.2 Å². The molecule has 0 radical (unpaired) electrons. The van der Waals surface area contributed by atoms with Gasteiger partial charge in [0.25, 0.3) is 0 Å². The summed E-state index contributed by atoms with van der Waals surface area (Å²) in [4.78, 5) is 11.3. The summed E-state index contributed by atoms with van der Waals surface area (Å²) in [6, 6.07) is 0.674. The van der Waals surface area contributed by atoms with Crippen molar-refractivity contribution in [2.45, 2.75) is 25.1 Å². The van der Waals surface area contributed by atoms with Gasteiger partial charge in [-0.15, -0.1) is 0 Å². The van der Waals surface area contributed by atoms with Crippen molar-refractivity contribution in [3.8, 4) is 0 Å². The fourth-order valence-corrected chi connectivity index (χ4v) is 1.92. The second kappa shape index (κ2) is 5.70. The molecule has 2 rings (SSSR count). The van der Waals surface area contributed by atoms with Crippen LogP contribution in [0.25, 0.3) is 0 Å². The molecule has 2 amide bonds. The smallest absolute Gasteiger partial charge is 0.372 e. The molecule has 1 aromatic rings. The van der Waals surface area contributed by atoms with Gasteiger partial charge in [-0.05, 0) is 12.8 Å². The van der Waals surface area contributed by atoms with Crippen LogP contribution in [-0.4, -0.2) is 35.1 Å². The molecule has 112 valence electrons. The first-order valence-corrected chi connectivity index (χ1v) is 6.12. The number of amides is 2. The van der Waals surface area contributed by atoms with Crippen molar-refractivity contribution in [3.05, 3.63) is 11.8 Å². The van der Waals surface area contributed by atoms with Gasteiger partial charge >= 0.3 is 12.2 Å². The van der Waals surface area contributed by atoms with Crippen molar-refractivity contribution in [2.24, 2.45) is 7.05 Å². The zero-order valence-electron chi connectivity index (χ0n) is 10.8. The van der Waals surface area contributed by atoms with Gasteiger partial charge in [0.15, 0.2) is 0 Å². The van der Waals surface area contributed by atoms with Gasteiger partial charge in [-0.1, -0.05) is 0 Å². The maximum atomic E-state index is 12.0. The van der Waals surface area contributed by atoms with Crippen molar-refractivity contribution in [2.75, 3.05) is 18.5 Å². The van der Waals surface area contributed by atoms with Gasteiger partial charge in [-0.3, -0.25) is 10.00 Å². The standard InChI is InChI=1S/C11H15F3N4O2/c1-18-9(16-10(19)15-6-11(12,13)14)5-7(17-18)8-3-2-4-20-8/h5,8H,2-4,6H2,1H3,(H2,15,16,19)/t8-/m0/s1. The monoisotopic (exact) mass is 292 g/mol. The van der Waals surface area contributed by atoms with E-state index in [9.17, 15) is 18.0 Å². The van der Waals surface area contributed by atoms with Crippen LogP contribution in [-0.2, 0) is 11.8 Å². The maximum absolute atomic E-state index is 12.0. The molecule has 1 aliphatic heterocycles. The molecule has 20 heavy (non-hydrogen) atoms. The average Bonchev–Trinajstić information content (AvgIpc) is 2.96. The third-order valence-electron chi connectivity index (χ3n) is 2.85. The molecule has 1 aromatic heterocycles. The lowest BCUT2D eigenvalue weighted by molar-refractivity contribution is -0.122. The molecular formula is C11H15F3N4O2. The Hall–Kier alpha value is -1.77. The van der Waals surface area contributed by atoms with Crippen LogP contribution in [0.1, 0.15) is 24.6 Å². The lowest BCUT2D eigenvalue weighted by atomic mass is 10.2. The van der Waals surface area contributed by atoms with E-state index in [0.717, 1.165) is 12.8 Å². The minimum Gasteiger partial charge on any atom is -0.372 e. The molecular weight excluding hydrogens is 277 g/mol. The summed E-state index contributed by atoms with van der Waals surface area (Å²) in [6.07, 6.45) is -2.77. The van der Waals surface area contributed by atoms with Crippen molar-refractivity contribution in [1.82, 2.24) is 15.1 Å². The number of hydrogen-bond donors (Lipinski definition) is 2. The molecule has 1 saturated heterocycles. The van der Waals surface area contributed by atoms with E-state index in [4.69, 9.17) is 4.74 Å². The van der Waals surface area contributed by atoms with Gasteiger partial charge in [0.2, 0.25) is 0 Å². The summed E-state index contributed by atoms with van der Waals surface area (Å²) >= 11 is 0. The molecule has 6 nitrogen and oxygen atoms in total. The minimum absolute atomic E-state index is 0.116. The lowest BCUT2D eigenvalue weighted by Gasteiger charge is -2.09. The highest BCUT2D eigenvalue weighted by atomic mass is 19.4. The quantitative estimate of drug-likeness (QED) is 0.894. The number of aryl methyl sites for hydroxylation is 1. The third kappa shape index (κ3) is 3.86. The molecule has 9 heteroatoms. The molecule has 1 atom stereocenters. The largest absolute Gasteiger partial charge is 0.405 e. The Bertz CT molecular complexity index is 481. The Morgan fingerprint density at radius 1 is 1.60 bits per heavy atom. The fraction of sp³-hybridized carbons (Fsp3) is 0.636. The second-order valence-corrected chi connectivity index (χ2v) is 4.50. The number of aromatic nitrogens is 2. The SMILES string of the molecule is Cn1nc([C@@H]2CCCO2)cc1NC(=O)NCC(F)(F)F. The zero-order valence-corrected chi connectivity index (χ0v) is 10.8. The van der Waals surface area contributed by atoms with Gasteiger partial charge in [0, 0.05) is 19.7 Å². The van der Waals surface area contributed by atoms with Gasteiger partial charge in [0.05, 0.1) is 5.69 Å². The summed E-state index contributed by atoms with van der Waals surface area (Å²) in [5.74, 6) is 0.315. The number of carbonyl (C=O) groups is 1. The molecule has 0 bridgehead atoms. The van der Waals surface area contributed by atoms with Crippen LogP contribution in [0.4, 0.5) is 23.8 Å². The first-order chi connectivity index (χ1) is 9.35. The molecule has 0 aromatic carbocycles. The zero-order chi connectivity index (χ0) is 14.8. The predicted octanol–water partition coefficient (Wildman–Crippen LogP) is 1.96. The highest BCUT2D eigenvalue weighted by molar-refractivity contribution is 5.88. The minimum atomic E-state index is -4.44. The van der Waals surface area contributed by atoms with E-state index in [1.165, 1.54) is 4.68 Å². The number of halogens is 3. The van der Waals surface area contributed by atoms with Crippen molar-refractivity contribution < 1.29 is 22.7 Å². The van der Waals surface area contributed by atoms with Crippen LogP contribution < -0.4 is 10.6 Å². The molecule has 0 unspecified atom stereocenters. The van der Waals surface area contributed by atoms with E-state index >= 15 is 0 Å². The number of hydrogen-bond acceptors (Lipinski definition) is 3. The number of nitrogens with zero attached hydrogens (tertiary/aromatic N) is 2. The number of ether oxygens (including phenoxy) is 1. The normalized spacial score (nSPS) is 19.1. The number of nitrogens with one attached hydrogen (secondary N) is 2. The summed E-state index contributed by atoms with van der Waals surface area (Å²) in [6.45, 7) is -0.717. The molecule has 1 aliphatic rings. The number of rotatable bonds is 3. The van der Waals surface area contributed by atoms with Crippen LogP contribution in [0, 0.1) is 0 Å². The first-order valence-electron chi connectivity index (χ1n) is 6.12. The Morgan fingerprint density at radius 3 is 2.95 bits per heavy atom. The summed E-state index contributed by atoms with van der Waals surface area (Å²) < 4.78 is 42.7. The molecule has 0 aliphatic carbocycles. The van der Waals surface area contributed by atoms with Crippen molar-refractivity contribution in [3.63, 3.8) is 0 Å². The highest BCUT2D eigenvalue weighted by Gasteiger charge is 2.28. The molecule has 2 N–H and O–H groups in total. The van der Waals surface area contributed by atoms with E-state index in [-0.39, 0.29) is 6.10 Å². The van der Waals surface area contributed by atoms with Gasteiger partial charge in [-0.2, -0.15) is 18.3 Å². The maximum Gasteiger partial charge on any atom is 0.405 e. The fourth-order valence-electron chi connectivity index (χ4n) is 1.92. The number of carbonyl (C=O) groups excluding carboxylic acids is 1. The summed E-state index contributed by atoms with van der Waals surface area (Å²) in [7, 11) is 1.60. The van der Waals surface area contributed by atoms with E-state index in [2.05, 4.69) is 10.4 Å². The molecule has 2 heterocycles. The van der Waals surface area contributed by atoms with Crippen molar-refractivity contribution >= 4 is 11.8 Å². The van der Waals surface area contributed by atoms with Crippen molar-refractivity contribution in [1.29, 1.82) is 0 Å². The number of urea groups is 1. The first kappa shape index (κ1) is 14.6. The van der Waals surface area contributed by atoms with Crippen LogP contribution in [0.5, 0.6) is 0 Å². The van der Waals surface area contributed by atoms with Gasteiger partial charge in [-0.25, -0.2) is 4.79 Å². The van der Waals surface area contributed by atoms with Crippen LogP contribution in [0.15, 0.2) is 6.07 Å². The van der Waals surface area contributed by atoms with E-state index in [0.29, 0.717) is 18.1 Å². The van der Waals surface area contributed by atoms with Gasteiger partial charge < -0.3 is 10.1 Å². The number of anilines is 1. The van der Waals surface area contributed by atoms with Crippen LogP contribution in [0.2, 0.25) is 0 Å². The molecule has 0 saturated carbocycles. The Balaban J connectivity index is 1.93. The third-order valence-corrected chi connectivity index (χ3v) is 2.85. The predicted molar refractivity (Wildman–Crippen MR) is 64.2 cm³/mol. The number of alkyl halides is 3. The van der Waals surface area contributed by atoms with E-state index in [1.54, 1.807) is 18.4 Å². The molecule has 1 fully saturated rings. The Labute approximate surface area is 113 Å². The highest BCUT2D eigenvalue weighted by Crippen LogP contribution is 2.28. The van der Waals surface area contributed by atoms with Gasteiger partial charge in [0.1, 0.15) is 18.5 Å².